The maximum atomic E-state index is 12.6. The first-order valence-electron chi connectivity index (χ1n) is 6.69. The number of piperidine rings is 1. The number of carbonyl (C=O) groups is 1. The first kappa shape index (κ1) is 17.3. The number of nitrogens with two attached hydrogens (primary N) is 1. The molecule has 2 rings (SSSR count). The van der Waals surface area contributed by atoms with Crippen LogP contribution in [0.15, 0.2) is 0 Å². The lowest BCUT2D eigenvalue weighted by Gasteiger charge is -2.31. The first-order chi connectivity index (χ1) is 8.91. The molecule has 1 saturated heterocycles. The number of rotatable bonds is 2. The summed E-state index contributed by atoms with van der Waals surface area (Å²) in [7, 11) is 1.76. The average Bonchev–Trinajstić information content (AvgIpc) is 2.65. The number of nitrogens with zero attached hydrogens (tertiary/aromatic N) is 3. The molecule has 2 N–H and O–H groups in total. The molecule has 0 spiro atoms. The van der Waals surface area contributed by atoms with Crippen molar-refractivity contribution in [2.24, 2.45) is 12.8 Å². The fourth-order valence-electron chi connectivity index (χ4n) is 2.48. The molecular weight excluding hydrogens is 299 g/mol. The van der Waals surface area contributed by atoms with E-state index in [9.17, 15) is 4.79 Å². The summed E-state index contributed by atoms with van der Waals surface area (Å²) >= 11 is 6.23. The van der Waals surface area contributed by atoms with Crippen molar-refractivity contribution in [3.63, 3.8) is 0 Å². The number of likely N-dealkylation sites (tertiary alicyclic amines) is 1. The number of carbonyl (C=O) groups excluding carboxylic acids is 1. The molecule has 2 heterocycles. The molecule has 7 heteroatoms. The van der Waals surface area contributed by atoms with Crippen molar-refractivity contribution in [1.82, 2.24) is 14.7 Å². The summed E-state index contributed by atoms with van der Waals surface area (Å²) in [6.07, 6.45) is 1.92. The second-order valence-electron chi connectivity index (χ2n) is 5.48. The van der Waals surface area contributed by atoms with Gasteiger partial charge in [0.15, 0.2) is 0 Å². The SMILES string of the molecule is CC(C)c1nn(C)c(Cl)c1C(=O)N1CCCC(N)C1.Cl. The molecule has 1 fully saturated rings. The molecule has 1 aromatic heterocycles. The van der Waals surface area contributed by atoms with Crippen LogP contribution in [0.3, 0.4) is 0 Å². The Hall–Kier alpha value is -0.780. The molecule has 1 aromatic rings. The molecule has 114 valence electrons. The Bertz CT molecular complexity index is 487. The van der Waals surface area contributed by atoms with Gasteiger partial charge in [-0.2, -0.15) is 5.10 Å². The summed E-state index contributed by atoms with van der Waals surface area (Å²) in [5, 5.41) is 4.76. The van der Waals surface area contributed by atoms with Gasteiger partial charge in [0, 0.05) is 26.2 Å². The molecule has 1 aliphatic heterocycles. The van der Waals surface area contributed by atoms with Gasteiger partial charge in [0.2, 0.25) is 0 Å². The minimum absolute atomic E-state index is 0. The predicted molar refractivity (Wildman–Crippen MR) is 82.7 cm³/mol. The van der Waals surface area contributed by atoms with Gasteiger partial charge in [-0.3, -0.25) is 9.48 Å². The van der Waals surface area contributed by atoms with E-state index in [4.69, 9.17) is 17.3 Å². The summed E-state index contributed by atoms with van der Waals surface area (Å²) in [6.45, 7) is 5.37. The van der Waals surface area contributed by atoms with Gasteiger partial charge >= 0.3 is 0 Å². The van der Waals surface area contributed by atoms with Crippen LogP contribution < -0.4 is 5.73 Å². The Morgan fingerprint density at radius 2 is 2.15 bits per heavy atom. The molecule has 0 saturated carbocycles. The molecule has 20 heavy (non-hydrogen) atoms. The van der Waals surface area contributed by atoms with E-state index in [0.717, 1.165) is 25.1 Å². The number of amides is 1. The van der Waals surface area contributed by atoms with E-state index in [0.29, 0.717) is 17.3 Å². The molecule has 1 amide bonds. The molecule has 0 radical (unpaired) electrons. The van der Waals surface area contributed by atoms with E-state index < -0.39 is 0 Å². The standard InChI is InChI=1S/C13H21ClN4O.ClH/c1-8(2)11-10(12(14)17(3)16-11)13(19)18-6-4-5-9(15)7-18;/h8-9H,4-7,15H2,1-3H3;1H. The molecule has 0 aromatic carbocycles. The van der Waals surface area contributed by atoms with Crippen LogP contribution in [0.4, 0.5) is 0 Å². The van der Waals surface area contributed by atoms with Crippen molar-refractivity contribution >= 4 is 29.9 Å². The first-order valence-corrected chi connectivity index (χ1v) is 7.06. The average molecular weight is 321 g/mol. The van der Waals surface area contributed by atoms with Crippen molar-refractivity contribution in [3.8, 4) is 0 Å². The van der Waals surface area contributed by atoms with Crippen LogP contribution in [-0.4, -0.2) is 39.7 Å². The van der Waals surface area contributed by atoms with E-state index in [1.54, 1.807) is 16.6 Å². The lowest BCUT2D eigenvalue weighted by atomic mass is 10.0. The number of hydrogen-bond donors (Lipinski definition) is 1. The second-order valence-corrected chi connectivity index (χ2v) is 5.84. The zero-order chi connectivity index (χ0) is 14.2. The quantitative estimate of drug-likeness (QED) is 0.908. The molecule has 1 unspecified atom stereocenters. The maximum absolute atomic E-state index is 12.6. The van der Waals surface area contributed by atoms with Gasteiger partial charge in [-0.25, -0.2) is 0 Å². The Labute approximate surface area is 130 Å². The fourth-order valence-corrected chi connectivity index (χ4v) is 2.69. The topological polar surface area (TPSA) is 64.2 Å². The Balaban J connectivity index is 0.00000200. The van der Waals surface area contributed by atoms with Crippen molar-refractivity contribution in [1.29, 1.82) is 0 Å². The van der Waals surface area contributed by atoms with Crippen molar-refractivity contribution in [2.75, 3.05) is 13.1 Å². The Morgan fingerprint density at radius 3 is 2.70 bits per heavy atom. The zero-order valence-corrected chi connectivity index (χ0v) is 13.7. The van der Waals surface area contributed by atoms with Crippen LogP contribution in [0.5, 0.6) is 0 Å². The van der Waals surface area contributed by atoms with Crippen LogP contribution in [0.25, 0.3) is 0 Å². The lowest BCUT2D eigenvalue weighted by Crippen LogP contribution is -2.45. The third-order valence-corrected chi connectivity index (χ3v) is 3.94. The van der Waals surface area contributed by atoms with E-state index in [2.05, 4.69) is 5.10 Å². The molecule has 5 nitrogen and oxygen atoms in total. The fraction of sp³-hybridized carbons (Fsp3) is 0.692. The summed E-state index contributed by atoms with van der Waals surface area (Å²) in [6, 6.07) is 0.0654. The molecule has 0 bridgehead atoms. The molecule has 0 aliphatic carbocycles. The van der Waals surface area contributed by atoms with Gasteiger partial charge in [-0.1, -0.05) is 25.4 Å². The van der Waals surface area contributed by atoms with Crippen LogP contribution in [0.2, 0.25) is 5.15 Å². The summed E-state index contributed by atoms with van der Waals surface area (Å²) in [5.74, 6) is 0.119. The van der Waals surface area contributed by atoms with Gasteiger partial charge in [0.1, 0.15) is 5.15 Å². The highest BCUT2D eigenvalue weighted by molar-refractivity contribution is 6.33. The Kier molecular flexibility index (Phi) is 5.86. The smallest absolute Gasteiger partial charge is 0.258 e. The summed E-state index contributed by atoms with van der Waals surface area (Å²) in [5.41, 5.74) is 7.23. The van der Waals surface area contributed by atoms with Gasteiger partial charge in [-0.05, 0) is 18.8 Å². The lowest BCUT2D eigenvalue weighted by molar-refractivity contribution is 0.0707. The third kappa shape index (κ3) is 3.27. The molecule has 1 atom stereocenters. The summed E-state index contributed by atoms with van der Waals surface area (Å²) in [4.78, 5) is 14.4. The van der Waals surface area contributed by atoms with Crippen LogP contribution in [0, 0.1) is 0 Å². The highest BCUT2D eigenvalue weighted by Crippen LogP contribution is 2.27. The van der Waals surface area contributed by atoms with E-state index in [1.165, 1.54) is 0 Å². The van der Waals surface area contributed by atoms with Crippen LogP contribution in [0.1, 0.15) is 48.7 Å². The highest BCUT2D eigenvalue weighted by atomic mass is 35.5. The van der Waals surface area contributed by atoms with E-state index in [-0.39, 0.29) is 30.3 Å². The van der Waals surface area contributed by atoms with E-state index in [1.807, 2.05) is 13.8 Å². The monoisotopic (exact) mass is 320 g/mol. The number of halogens is 2. The van der Waals surface area contributed by atoms with Gasteiger partial charge in [0.25, 0.3) is 5.91 Å². The largest absolute Gasteiger partial charge is 0.337 e. The van der Waals surface area contributed by atoms with Crippen molar-refractivity contribution in [2.45, 2.75) is 38.6 Å². The maximum Gasteiger partial charge on any atom is 0.258 e. The highest BCUT2D eigenvalue weighted by Gasteiger charge is 2.29. The number of aryl methyl sites for hydroxylation is 1. The molecule has 1 aliphatic rings. The second kappa shape index (κ2) is 6.78. The van der Waals surface area contributed by atoms with Gasteiger partial charge in [0.05, 0.1) is 11.3 Å². The minimum atomic E-state index is -0.0445. The number of aromatic nitrogens is 2. The minimum Gasteiger partial charge on any atom is -0.337 e. The van der Waals surface area contributed by atoms with Gasteiger partial charge in [-0.15, -0.1) is 12.4 Å². The summed E-state index contributed by atoms with van der Waals surface area (Å²) < 4.78 is 1.56. The van der Waals surface area contributed by atoms with Gasteiger partial charge < -0.3 is 10.6 Å². The molecular formula is C13H22Cl2N4O. The third-order valence-electron chi connectivity index (χ3n) is 3.51. The zero-order valence-electron chi connectivity index (χ0n) is 12.1. The van der Waals surface area contributed by atoms with Crippen molar-refractivity contribution < 1.29 is 4.79 Å². The van der Waals surface area contributed by atoms with Crippen molar-refractivity contribution in [3.05, 3.63) is 16.4 Å². The Morgan fingerprint density at radius 1 is 1.50 bits per heavy atom. The van der Waals surface area contributed by atoms with Crippen LogP contribution >= 0.6 is 24.0 Å². The van der Waals surface area contributed by atoms with E-state index >= 15 is 0 Å². The predicted octanol–water partition coefficient (Wildman–Crippen LogP) is 2.18. The number of hydrogen-bond acceptors (Lipinski definition) is 3. The van der Waals surface area contributed by atoms with Crippen LogP contribution in [-0.2, 0) is 7.05 Å². The normalized spacial score (nSPS) is 19.1.